The van der Waals surface area contributed by atoms with Crippen molar-refractivity contribution in [3.05, 3.63) is 47.2 Å². The maximum absolute atomic E-state index is 5.26. The van der Waals surface area contributed by atoms with Crippen LogP contribution >= 0.6 is 0 Å². The summed E-state index contributed by atoms with van der Waals surface area (Å²) in [6, 6.07) is 10.5. The fourth-order valence-corrected chi connectivity index (χ4v) is 1.48. The van der Waals surface area contributed by atoms with Gasteiger partial charge in [0, 0.05) is 0 Å². The molecule has 0 bridgehead atoms. The summed E-state index contributed by atoms with van der Waals surface area (Å²) in [5, 5.41) is 0. The van der Waals surface area contributed by atoms with Gasteiger partial charge in [0.25, 0.3) is 0 Å². The van der Waals surface area contributed by atoms with Crippen molar-refractivity contribution in [2.45, 2.75) is 19.9 Å². The zero-order valence-corrected chi connectivity index (χ0v) is 7.87. The smallest absolute Gasteiger partial charge is 0.122 e. The molecule has 2 heteroatoms. The van der Waals surface area contributed by atoms with E-state index in [1.54, 1.807) is 0 Å². The number of hydrogen-bond donors (Lipinski definition) is 1. The molecule has 0 amide bonds. The first-order valence-electron chi connectivity index (χ1n) is 4.43. The third-order valence-corrected chi connectivity index (χ3v) is 2.45. The van der Waals surface area contributed by atoms with Crippen molar-refractivity contribution in [3.8, 4) is 0 Å². The van der Waals surface area contributed by atoms with E-state index in [0.717, 1.165) is 5.76 Å². The van der Waals surface area contributed by atoms with Crippen LogP contribution < -0.4 is 5.48 Å². The number of allylic oxidation sites excluding steroid dienone is 1. The molecule has 1 heterocycles. The highest BCUT2D eigenvalue weighted by molar-refractivity contribution is 5.29. The van der Waals surface area contributed by atoms with E-state index in [1.165, 1.54) is 11.1 Å². The molecule has 1 aromatic rings. The molecule has 0 fully saturated rings. The molecule has 13 heavy (non-hydrogen) atoms. The maximum atomic E-state index is 5.26. The molecule has 0 aromatic heterocycles. The van der Waals surface area contributed by atoms with Crippen molar-refractivity contribution >= 4 is 0 Å². The lowest BCUT2D eigenvalue weighted by Crippen LogP contribution is -2.14. The Morgan fingerprint density at radius 2 is 1.85 bits per heavy atom. The van der Waals surface area contributed by atoms with Gasteiger partial charge >= 0.3 is 0 Å². The lowest BCUT2D eigenvalue weighted by Gasteiger charge is -2.09. The van der Waals surface area contributed by atoms with E-state index in [4.69, 9.17) is 4.84 Å². The molecule has 1 atom stereocenters. The predicted octanol–water partition coefficient (Wildman–Crippen LogP) is 2.56. The normalized spacial score (nSPS) is 21.8. The average Bonchev–Trinajstić information content (AvgIpc) is 2.49. The largest absolute Gasteiger partial charge is 0.413 e. The summed E-state index contributed by atoms with van der Waals surface area (Å²) in [6.07, 6.45) is 0. The van der Waals surface area contributed by atoms with Crippen LogP contribution in [0.2, 0.25) is 0 Å². The minimum atomic E-state index is 0.223. The second-order valence-electron chi connectivity index (χ2n) is 3.30. The van der Waals surface area contributed by atoms with Gasteiger partial charge in [-0.2, -0.15) is 0 Å². The van der Waals surface area contributed by atoms with Crippen molar-refractivity contribution < 1.29 is 4.84 Å². The van der Waals surface area contributed by atoms with Crippen molar-refractivity contribution in [3.63, 3.8) is 0 Å². The van der Waals surface area contributed by atoms with Gasteiger partial charge in [-0.25, -0.2) is 0 Å². The summed E-state index contributed by atoms with van der Waals surface area (Å²) in [5.41, 5.74) is 5.50. The Balaban J connectivity index is 2.30. The van der Waals surface area contributed by atoms with Crippen molar-refractivity contribution in [1.82, 2.24) is 5.48 Å². The molecule has 1 unspecified atom stereocenters. The Bertz CT molecular complexity index is 329. The first kappa shape index (κ1) is 8.32. The van der Waals surface area contributed by atoms with Gasteiger partial charge in [-0.3, -0.25) is 0 Å². The minimum absolute atomic E-state index is 0.223. The van der Waals surface area contributed by atoms with Gasteiger partial charge < -0.3 is 4.84 Å². The topological polar surface area (TPSA) is 21.3 Å². The van der Waals surface area contributed by atoms with Gasteiger partial charge in [0.05, 0.1) is 6.04 Å². The van der Waals surface area contributed by atoms with Crippen molar-refractivity contribution in [2.24, 2.45) is 0 Å². The zero-order chi connectivity index (χ0) is 9.26. The molecule has 1 aliphatic rings. The number of nitrogens with one attached hydrogen (secondary N) is 1. The van der Waals surface area contributed by atoms with Crippen LogP contribution in [-0.4, -0.2) is 0 Å². The fraction of sp³-hybridized carbons (Fsp3) is 0.273. The third kappa shape index (κ3) is 1.45. The van der Waals surface area contributed by atoms with Gasteiger partial charge in [0.1, 0.15) is 5.76 Å². The molecule has 68 valence electrons. The van der Waals surface area contributed by atoms with Gasteiger partial charge in [0.15, 0.2) is 0 Å². The molecule has 2 nitrogen and oxygen atoms in total. The fourth-order valence-electron chi connectivity index (χ4n) is 1.48. The molecule has 0 aliphatic carbocycles. The Morgan fingerprint density at radius 1 is 1.15 bits per heavy atom. The van der Waals surface area contributed by atoms with Gasteiger partial charge in [0.2, 0.25) is 0 Å². The van der Waals surface area contributed by atoms with E-state index >= 15 is 0 Å². The van der Waals surface area contributed by atoms with E-state index in [0.29, 0.717) is 0 Å². The van der Waals surface area contributed by atoms with Crippen LogP contribution in [0, 0.1) is 0 Å². The Labute approximate surface area is 78.2 Å². The summed E-state index contributed by atoms with van der Waals surface area (Å²) in [7, 11) is 0. The van der Waals surface area contributed by atoms with Crippen LogP contribution in [0.4, 0.5) is 0 Å². The SMILES string of the molecule is CC1=C(C)C(c2ccccc2)NO1. The van der Waals surface area contributed by atoms with E-state index in [-0.39, 0.29) is 6.04 Å². The lowest BCUT2D eigenvalue weighted by molar-refractivity contribution is 0.117. The number of hydroxylamine groups is 1. The van der Waals surface area contributed by atoms with Crippen LogP contribution in [0.25, 0.3) is 0 Å². The first-order valence-corrected chi connectivity index (χ1v) is 4.43. The summed E-state index contributed by atoms with van der Waals surface area (Å²) in [5.74, 6) is 0.980. The van der Waals surface area contributed by atoms with Gasteiger partial charge in [-0.1, -0.05) is 30.3 Å². The first-order chi connectivity index (χ1) is 6.29. The Morgan fingerprint density at radius 3 is 2.38 bits per heavy atom. The molecule has 2 rings (SSSR count). The van der Waals surface area contributed by atoms with E-state index in [2.05, 4.69) is 24.5 Å². The maximum Gasteiger partial charge on any atom is 0.122 e. The molecule has 1 N–H and O–H groups in total. The van der Waals surface area contributed by atoms with Crippen molar-refractivity contribution in [1.29, 1.82) is 0 Å². The standard InChI is InChI=1S/C11H13NO/c1-8-9(2)13-12-11(8)10-6-4-3-5-7-10/h3-7,11-12H,1-2H3. The molecular weight excluding hydrogens is 162 g/mol. The van der Waals surface area contributed by atoms with Crippen LogP contribution in [0.3, 0.4) is 0 Å². The number of benzene rings is 1. The average molecular weight is 175 g/mol. The monoisotopic (exact) mass is 175 g/mol. The van der Waals surface area contributed by atoms with E-state index < -0.39 is 0 Å². The second-order valence-corrected chi connectivity index (χ2v) is 3.30. The zero-order valence-electron chi connectivity index (χ0n) is 7.87. The molecule has 0 saturated heterocycles. The summed E-state index contributed by atoms with van der Waals surface area (Å²) >= 11 is 0. The lowest BCUT2D eigenvalue weighted by atomic mass is 10.0. The molecular formula is C11H13NO. The van der Waals surface area contributed by atoms with E-state index in [1.807, 2.05) is 25.1 Å². The Kier molecular flexibility index (Phi) is 2.07. The third-order valence-electron chi connectivity index (χ3n) is 2.45. The quantitative estimate of drug-likeness (QED) is 0.708. The predicted molar refractivity (Wildman–Crippen MR) is 51.8 cm³/mol. The summed E-state index contributed by atoms with van der Waals surface area (Å²) in [4.78, 5) is 5.26. The van der Waals surface area contributed by atoms with Crippen LogP contribution in [0.5, 0.6) is 0 Å². The molecule has 1 aromatic carbocycles. The van der Waals surface area contributed by atoms with Crippen LogP contribution in [-0.2, 0) is 4.84 Å². The highest BCUT2D eigenvalue weighted by Gasteiger charge is 2.22. The Hall–Kier alpha value is -1.28. The molecule has 0 spiro atoms. The molecule has 0 saturated carbocycles. The number of hydrogen-bond acceptors (Lipinski definition) is 2. The van der Waals surface area contributed by atoms with Crippen molar-refractivity contribution in [2.75, 3.05) is 0 Å². The van der Waals surface area contributed by atoms with Crippen LogP contribution in [0.1, 0.15) is 25.5 Å². The van der Waals surface area contributed by atoms with Crippen LogP contribution in [0.15, 0.2) is 41.7 Å². The minimum Gasteiger partial charge on any atom is -0.413 e. The summed E-state index contributed by atoms with van der Waals surface area (Å²) in [6.45, 7) is 4.07. The number of rotatable bonds is 1. The highest BCUT2D eigenvalue weighted by Crippen LogP contribution is 2.28. The van der Waals surface area contributed by atoms with Gasteiger partial charge in [-0.15, -0.1) is 5.48 Å². The molecule has 0 radical (unpaired) electrons. The second kappa shape index (κ2) is 3.23. The van der Waals surface area contributed by atoms with E-state index in [9.17, 15) is 0 Å². The summed E-state index contributed by atoms with van der Waals surface area (Å²) < 4.78 is 0. The van der Waals surface area contributed by atoms with Gasteiger partial charge in [-0.05, 0) is 25.0 Å². The highest BCUT2D eigenvalue weighted by atomic mass is 16.7. The molecule has 1 aliphatic heterocycles.